The standard InChI is InChI=1S/C13H9F3N2O2S2/c14-13(15,16)9-3-1-2-8(4-9)5-18-10(19)6-22(20)11-12(18)21-7-17-11/h1-4,7H,5-6H2. The molecular formula is C13H9F3N2O2S2. The van der Waals surface area contributed by atoms with E-state index in [1.165, 1.54) is 22.5 Å². The third-order valence-electron chi connectivity index (χ3n) is 3.13. The molecule has 3 rings (SSSR count). The highest BCUT2D eigenvalue weighted by atomic mass is 32.2. The van der Waals surface area contributed by atoms with E-state index in [2.05, 4.69) is 4.98 Å². The molecule has 22 heavy (non-hydrogen) atoms. The fraction of sp³-hybridized carbons (Fsp3) is 0.231. The molecule has 1 aromatic heterocycles. The van der Waals surface area contributed by atoms with E-state index in [1.807, 2.05) is 0 Å². The summed E-state index contributed by atoms with van der Waals surface area (Å²) in [6, 6.07) is 4.82. The molecule has 4 nitrogen and oxygen atoms in total. The van der Waals surface area contributed by atoms with Gasteiger partial charge in [0.1, 0.15) is 10.8 Å². The van der Waals surface area contributed by atoms with Crippen molar-refractivity contribution < 1.29 is 22.2 Å². The number of halogens is 3. The van der Waals surface area contributed by atoms with Crippen molar-refractivity contribution in [3.8, 4) is 0 Å². The average Bonchev–Trinajstić information content (AvgIpc) is 2.92. The number of carbonyl (C=O) groups excluding carboxylic acids is 1. The molecule has 1 atom stereocenters. The van der Waals surface area contributed by atoms with Crippen LogP contribution >= 0.6 is 11.3 Å². The van der Waals surface area contributed by atoms with Gasteiger partial charge in [0.15, 0.2) is 5.03 Å². The molecular weight excluding hydrogens is 337 g/mol. The Morgan fingerprint density at radius 2 is 2.14 bits per heavy atom. The van der Waals surface area contributed by atoms with Crippen molar-refractivity contribution in [2.24, 2.45) is 0 Å². The zero-order chi connectivity index (χ0) is 15.9. The number of amides is 1. The van der Waals surface area contributed by atoms with Crippen LogP contribution in [-0.4, -0.2) is 20.9 Å². The minimum Gasteiger partial charge on any atom is -0.296 e. The lowest BCUT2D eigenvalue weighted by Crippen LogP contribution is -2.37. The maximum Gasteiger partial charge on any atom is 0.416 e. The van der Waals surface area contributed by atoms with Gasteiger partial charge in [-0.1, -0.05) is 12.1 Å². The highest BCUT2D eigenvalue weighted by Crippen LogP contribution is 2.34. The molecule has 1 aromatic carbocycles. The molecule has 0 N–H and O–H groups in total. The predicted octanol–water partition coefficient (Wildman–Crippen LogP) is 2.82. The van der Waals surface area contributed by atoms with E-state index in [0.717, 1.165) is 23.5 Å². The molecule has 9 heteroatoms. The molecule has 0 saturated heterocycles. The molecule has 1 unspecified atom stereocenters. The van der Waals surface area contributed by atoms with Gasteiger partial charge < -0.3 is 0 Å². The first-order valence-electron chi connectivity index (χ1n) is 6.14. The number of rotatable bonds is 2. The predicted molar refractivity (Wildman–Crippen MR) is 76.0 cm³/mol. The van der Waals surface area contributed by atoms with E-state index in [0.29, 0.717) is 15.6 Å². The highest BCUT2D eigenvalue weighted by molar-refractivity contribution is 7.86. The Bertz CT molecular complexity index is 758. The first-order valence-corrected chi connectivity index (χ1v) is 8.34. The van der Waals surface area contributed by atoms with Gasteiger partial charge in [0, 0.05) is 0 Å². The fourth-order valence-corrected chi connectivity index (χ4v) is 4.31. The summed E-state index contributed by atoms with van der Waals surface area (Å²) in [6.07, 6.45) is -4.43. The number of thiazole rings is 1. The number of alkyl halides is 3. The van der Waals surface area contributed by atoms with E-state index in [-0.39, 0.29) is 18.2 Å². The van der Waals surface area contributed by atoms with Crippen molar-refractivity contribution in [2.75, 3.05) is 10.7 Å². The number of benzene rings is 1. The smallest absolute Gasteiger partial charge is 0.296 e. The summed E-state index contributed by atoms with van der Waals surface area (Å²) in [6.45, 7) is -0.00481. The number of anilines is 1. The van der Waals surface area contributed by atoms with Gasteiger partial charge in [-0.05, 0) is 17.7 Å². The quantitative estimate of drug-likeness (QED) is 0.840. The molecule has 1 aliphatic rings. The molecule has 1 amide bonds. The number of fused-ring (bicyclic) bond motifs is 1. The second-order valence-corrected chi connectivity index (χ2v) is 6.83. The molecule has 0 saturated carbocycles. The summed E-state index contributed by atoms with van der Waals surface area (Å²) in [5.41, 5.74) is 1.07. The topological polar surface area (TPSA) is 50.3 Å². The second-order valence-electron chi connectivity index (χ2n) is 4.63. The Labute approximate surface area is 130 Å². The maximum atomic E-state index is 12.7. The van der Waals surface area contributed by atoms with Crippen LogP contribution in [0.1, 0.15) is 11.1 Å². The summed E-state index contributed by atoms with van der Waals surface area (Å²) in [5, 5.41) is 0.753. The number of carbonyl (C=O) groups is 1. The number of nitrogens with zero attached hydrogens (tertiary/aromatic N) is 2. The van der Waals surface area contributed by atoms with Crippen LogP contribution in [0.25, 0.3) is 0 Å². The lowest BCUT2D eigenvalue weighted by atomic mass is 10.1. The normalized spacial score (nSPS) is 18.4. The van der Waals surface area contributed by atoms with Gasteiger partial charge in [0.2, 0.25) is 5.91 Å². The summed E-state index contributed by atoms with van der Waals surface area (Å²) in [5.74, 6) is -0.581. The van der Waals surface area contributed by atoms with Gasteiger partial charge in [0.25, 0.3) is 0 Å². The molecule has 116 valence electrons. The van der Waals surface area contributed by atoms with E-state index in [4.69, 9.17) is 0 Å². The van der Waals surface area contributed by atoms with Crippen molar-refractivity contribution in [3.05, 3.63) is 40.9 Å². The van der Waals surface area contributed by atoms with Crippen LogP contribution < -0.4 is 4.90 Å². The van der Waals surface area contributed by atoms with Crippen LogP contribution in [-0.2, 0) is 28.3 Å². The van der Waals surface area contributed by atoms with Gasteiger partial charge >= 0.3 is 6.18 Å². The first-order chi connectivity index (χ1) is 10.4. The highest BCUT2D eigenvalue weighted by Gasteiger charge is 2.33. The molecule has 1 aliphatic heterocycles. The summed E-state index contributed by atoms with van der Waals surface area (Å²) < 4.78 is 50.0. The molecule has 0 bridgehead atoms. The Kier molecular flexibility index (Phi) is 3.77. The average molecular weight is 346 g/mol. The summed E-state index contributed by atoms with van der Waals surface area (Å²) in [7, 11) is -1.48. The van der Waals surface area contributed by atoms with Crippen molar-refractivity contribution in [1.82, 2.24) is 4.98 Å². The Balaban J connectivity index is 1.92. The Morgan fingerprint density at radius 1 is 1.36 bits per heavy atom. The van der Waals surface area contributed by atoms with E-state index >= 15 is 0 Å². The van der Waals surface area contributed by atoms with Gasteiger partial charge in [-0.25, -0.2) is 4.98 Å². The van der Waals surface area contributed by atoms with Gasteiger partial charge in [-0.2, -0.15) is 13.2 Å². The summed E-state index contributed by atoms with van der Waals surface area (Å²) >= 11 is 1.15. The summed E-state index contributed by atoms with van der Waals surface area (Å²) in [4.78, 5) is 17.3. The minimum absolute atomic E-state index is 0.00481. The fourth-order valence-electron chi connectivity index (χ4n) is 2.13. The van der Waals surface area contributed by atoms with Crippen LogP contribution in [0.3, 0.4) is 0 Å². The maximum absolute atomic E-state index is 12.7. The SMILES string of the molecule is O=C1CS(=O)c2ncsc2N1Cc1cccc(C(F)(F)F)c1. The van der Waals surface area contributed by atoms with Crippen molar-refractivity contribution in [3.63, 3.8) is 0 Å². The molecule has 0 aliphatic carbocycles. The van der Waals surface area contributed by atoms with Gasteiger partial charge in [0.05, 0.1) is 28.4 Å². The minimum atomic E-state index is -4.43. The van der Waals surface area contributed by atoms with Crippen LogP contribution in [0.4, 0.5) is 18.2 Å². The first kappa shape index (κ1) is 15.2. The van der Waals surface area contributed by atoms with Crippen molar-refractivity contribution in [1.29, 1.82) is 0 Å². The molecule has 2 aromatic rings. The van der Waals surface area contributed by atoms with Crippen molar-refractivity contribution >= 4 is 33.0 Å². The monoisotopic (exact) mass is 346 g/mol. The molecule has 0 spiro atoms. The lowest BCUT2D eigenvalue weighted by Gasteiger charge is -2.25. The van der Waals surface area contributed by atoms with Gasteiger partial charge in [-0.3, -0.25) is 13.9 Å². The third-order valence-corrected chi connectivity index (χ3v) is 5.34. The number of hydrogen-bond acceptors (Lipinski definition) is 4. The van der Waals surface area contributed by atoms with E-state index in [1.54, 1.807) is 0 Å². The van der Waals surface area contributed by atoms with E-state index < -0.39 is 22.5 Å². The zero-order valence-electron chi connectivity index (χ0n) is 11.0. The Hall–Kier alpha value is -1.74. The van der Waals surface area contributed by atoms with Crippen molar-refractivity contribution in [2.45, 2.75) is 17.7 Å². The zero-order valence-corrected chi connectivity index (χ0v) is 12.6. The van der Waals surface area contributed by atoms with E-state index in [9.17, 15) is 22.2 Å². The molecule has 0 radical (unpaired) electrons. The number of aromatic nitrogens is 1. The molecule has 2 heterocycles. The van der Waals surface area contributed by atoms with Crippen LogP contribution in [0, 0.1) is 0 Å². The second kappa shape index (κ2) is 5.47. The third kappa shape index (κ3) is 2.78. The lowest BCUT2D eigenvalue weighted by molar-refractivity contribution is -0.137. The Morgan fingerprint density at radius 3 is 2.86 bits per heavy atom. The van der Waals surface area contributed by atoms with Gasteiger partial charge in [-0.15, -0.1) is 11.3 Å². The largest absolute Gasteiger partial charge is 0.416 e. The van der Waals surface area contributed by atoms with Crippen LogP contribution in [0.15, 0.2) is 34.8 Å². The van der Waals surface area contributed by atoms with Crippen LogP contribution in [0.5, 0.6) is 0 Å². The van der Waals surface area contributed by atoms with Crippen LogP contribution in [0.2, 0.25) is 0 Å². The molecule has 0 fully saturated rings. The number of hydrogen-bond donors (Lipinski definition) is 0.